The molecule has 170 valence electrons. The van der Waals surface area contributed by atoms with Gasteiger partial charge in [0.15, 0.2) is 0 Å². The fraction of sp³-hybridized carbons (Fsp3) is 0.391. The number of carbonyl (C=O) groups is 1. The van der Waals surface area contributed by atoms with Gasteiger partial charge in [-0.2, -0.15) is 4.31 Å². The van der Waals surface area contributed by atoms with Crippen LogP contribution in [0.15, 0.2) is 47.5 Å². The standard InChI is InChI=1S/C23H27N3O5S/c1-15(2)31-18-5-7-19(8-6-18)32(29,30)26-11-10-17(12-26)21-13-25(14-22(27)28)23-20(21)9-4-16(3)24-23/h4-9,13,15,17H,10-12,14H2,1-3H3,(H,27,28). The van der Waals surface area contributed by atoms with Gasteiger partial charge >= 0.3 is 5.97 Å². The van der Waals surface area contributed by atoms with Crippen molar-refractivity contribution in [1.82, 2.24) is 13.9 Å². The van der Waals surface area contributed by atoms with Crippen molar-refractivity contribution in [3.8, 4) is 5.75 Å². The molecule has 0 saturated carbocycles. The van der Waals surface area contributed by atoms with Crippen LogP contribution in [-0.2, 0) is 21.4 Å². The zero-order chi connectivity index (χ0) is 23.0. The summed E-state index contributed by atoms with van der Waals surface area (Å²) < 4.78 is 35.1. The van der Waals surface area contributed by atoms with Crippen molar-refractivity contribution in [3.63, 3.8) is 0 Å². The second kappa shape index (κ2) is 8.55. The number of benzene rings is 1. The minimum Gasteiger partial charge on any atom is -0.491 e. The number of nitrogens with zero attached hydrogens (tertiary/aromatic N) is 3. The summed E-state index contributed by atoms with van der Waals surface area (Å²) in [6.45, 7) is 6.25. The predicted octanol–water partition coefficient (Wildman–Crippen LogP) is 3.39. The number of hydrogen-bond donors (Lipinski definition) is 1. The van der Waals surface area contributed by atoms with Crippen LogP contribution in [0.4, 0.5) is 0 Å². The van der Waals surface area contributed by atoms with Crippen molar-refractivity contribution >= 4 is 27.0 Å². The molecule has 8 nitrogen and oxygen atoms in total. The zero-order valence-corrected chi connectivity index (χ0v) is 19.2. The van der Waals surface area contributed by atoms with Gasteiger partial charge in [0.2, 0.25) is 10.0 Å². The predicted molar refractivity (Wildman–Crippen MR) is 120 cm³/mol. The molecule has 1 aromatic carbocycles. The summed E-state index contributed by atoms with van der Waals surface area (Å²) in [7, 11) is -3.64. The number of pyridine rings is 1. The van der Waals surface area contributed by atoms with Gasteiger partial charge in [0.1, 0.15) is 17.9 Å². The van der Waals surface area contributed by atoms with Crippen LogP contribution < -0.4 is 4.74 Å². The van der Waals surface area contributed by atoms with Gasteiger partial charge in [-0.1, -0.05) is 0 Å². The highest BCUT2D eigenvalue weighted by molar-refractivity contribution is 7.89. The van der Waals surface area contributed by atoms with Gasteiger partial charge in [-0.3, -0.25) is 4.79 Å². The van der Waals surface area contributed by atoms with Crippen molar-refractivity contribution < 1.29 is 23.1 Å². The Morgan fingerprint density at radius 1 is 1.22 bits per heavy atom. The maximum absolute atomic E-state index is 13.2. The average Bonchev–Trinajstić information content (AvgIpc) is 3.33. The topological polar surface area (TPSA) is 102 Å². The van der Waals surface area contributed by atoms with Crippen LogP contribution in [0.2, 0.25) is 0 Å². The third-order valence-corrected chi connectivity index (χ3v) is 7.50. The Labute approximate surface area is 187 Å². The quantitative estimate of drug-likeness (QED) is 0.584. The molecule has 0 radical (unpaired) electrons. The third-order valence-electron chi connectivity index (χ3n) is 5.62. The van der Waals surface area contributed by atoms with E-state index in [-0.39, 0.29) is 23.5 Å². The van der Waals surface area contributed by atoms with E-state index in [1.807, 2.05) is 39.1 Å². The molecule has 2 aromatic heterocycles. The largest absolute Gasteiger partial charge is 0.491 e. The van der Waals surface area contributed by atoms with E-state index in [1.54, 1.807) is 28.8 Å². The molecule has 4 rings (SSSR count). The van der Waals surface area contributed by atoms with Crippen LogP contribution in [0, 0.1) is 6.92 Å². The number of aryl methyl sites for hydroxylation is 1. The van der Waals surface area contributed by atoms with Crippen LogP contribution in [0.25, 0.3) is 11.0 Å². The minimum atomic E-state index is -3.64. The molecule has 32 heavy (non-hydrogen) atoms. The van der Waals surface area contributed by atoms with Crippen molar-refractivity contribution in [2.45, 2.75) is 50.7 Å². The highest BCUT2D eigenvalue weighted by Crippen LogP contribution is 2.36. The number of aliphatic carboxylic acids is 1. The highest BCUT2D eigenvalue weighted by atomic mass is 32.2. The molecule has 1 N–H and O–H groups in total. The number of fused-ring (bicyclic) bond motifs is 1. The van der Waals surface area contributed by atoms with E-state index in [0.29, 0.717) is 30.9 Å². The molecule has 1 aliphatic heterocycles. The maximum Gasteiger partial charge on any atom is 0.323 e. The van der Waals surface area contributed by atoms with E-state index >= 15 is 0 Å². The average molecular weight is 458 g/mol. The third kappa shape index (κ3) is 4.35. The van der Waals surface area contributed by atoms with Crippen LogP contribution >= 0.6 is 0 Å². The number of aromatic nitrogens is 2. The van der Waals surface area contributed by atoms with Crippen molar-refractivity contribution in [1.29, 1.82) is 0 Å². The van der Waals surface area contributed by atoms with Crippen LogP contribution in [-0.4, -0.2) is 52.5 Å². The lowest BCUT2D eigenvalue weighted by Crippen LogP contribution is -2.28. The molecule has 9 heteroatoms. The van der Waals surface area contributed by atoms with Gasteiger partial charge < -0.3 is 14.4 Å². The van der Waals surface area contributed by atoms with Gasteiger partial charge in [-0.25, -0.2) is 13.4 Å². The molecular formula is C23H27N3O5S. The lowest BCUT2D eigenvalue weighted by atomic mass is 9.99. The molecule has 0 spiro atoms. The molecule has 1 unspecified atom stereocenters. The van der Waals surface area contributed by atoms with Crippen LogP contribution in [0.1, 0.15) is 37.4 Å². The molecule has 1 saturated heterocycles. The molecule has 0 bridgehead atoms. The van der Waals surface area contributed by atoms with Crippen molar-refractivity contribution in [3.05, 3.63) is 53.9 Å². The van der Waals surface area contributed by atoms with Gasteiger partial charge in [0.05, 0.1) is 11.0 Å². The number of rotatable bonds is 7. The lowest BCUT2D eigenvalue weighted by molar-refractivity contribution is -0.137. The van der Waals surface area contributed by atoms with Gasteiger partial charge in [-0.05, 0) is 69.2 Å². The SMILES string of the molecule is Cc1ccc2c(C3CCN(S(=O)(=O)c4ccc(OC(C)C)cc4)C3)cn(CC(=O)O)c2n1. The van der Waals surface area contributed by atoms with E-state index in [1.165, 1.54) is 4.31 Å². The minimum absolute atomic E-state index is 0.0123. The van der Waals surface area contributed by atoms with Crippen LogP contribution in [0.3, 0.4) is 0 Å². The summed E-state index contributed by atoms with van der Waals surface area (Å²) in [6.07, 6.45) is 2.48. The number of ether oxygens (including phenoxy) is 1. The normalized spacial score (nSPS) is 17.3. The van der Waals surface area contributed by atoms with Gasteiger partial charge in [0.25, 0.3) is 0 Å². The Hall–Kier alpha value is -2.91. The summed E-state index contributed by atoms with van der Waals surface area (Å²) in [6, 6.07) is 10.3. The van der Waals surface area contributed by atoms with Gasteiger partial charge in [-0.15, -0.1) is 0 Å². The molecule has 1 atom stereocenters. The Balaban J connectivity index is 1.59. The smallest absolute Gasteiger partial charge is 0.323 e. The Bertz CT molecular complexity index is 1250. The monoisotopic (exact) mass is 457 g/mol. The van der Waals surface area contributed by atoms with E-state index in [4.69, 9.17) is 4.74 Å². The molecule has 0 amide bonds. The fourth-order valence-corrected chi connectivity index (χ4v) is 5.69. The molecule has 0 aliphatic carbocycles. The first kappa shape index (κ1) is 22.3. The molecule has 3 heterocycles. The first-order valence-electron chi connectivity index (χ1n) is 10.6. The van der Waals surface area contributed by atoms with E-state index in [0.717, 1.165) is 16.6 Å². The van der Waals surface area contributed by atoms with E-state index in [2.05, 4.69) is 4.98 Å². The molecule has 3 aromatic rings. The molecular weight excluding hydrogens is 430 g/mol. The molecule has 1 aliphatic rings. The summed E-state index contributed by atoms with van der Waals surface area (Å²) in [5.41, 5.74) is 2.35. The number of carboxylic acids is 1. The maximum atomic E-state index is 13.2. The fourth-order valence-electron chi connectivity index (χ4n) is 4.19. The van der Waals surface area contributed by atoms with Crippen molar-refractivity contribution in [2.75, 3.05) is 13.1 Å². The van der Waals surface area contributed by atoms with E-state index < -0.39 is 16.0 Å². The summed E-state index contributed by atoms with van der Waals surface area (Å²) >= 11 is 0. The first-order valence-corrected chi connectivity index (χ1v) is 12.0. The number of sulfonamides is 1. The number of carboxylic acid groups (broad SMARTS) is 1. The summed E-state index contributed by atoms with van der Waals surface area (Å²) in [4.78, 5) is 16.1. The summed E-state index contributed by atoms with van der Waals surface area (Å²) in [5, 5.41) is 10.1. The van der Waals surface area contributed by atoms with Gasteiger partial charge in [0, 0.05) is 36.3 Å². The molecule has 1 fully saturated rings. The van der Waals surface area contributed by atoms with E-state index in [9.17, 15) is 18.3 Å². The highest BCUT2D eigenvalue weighted by Gasteiger charge is 2.34. The second-order valence-corrected chi connectivity index (χ2v) is 10.4. The Kier molecular flexibility index (Phi) is 5.96. The summed E-state index contributed by atoms with van der Waals surface area (Å²) in [5.74, 6) is -0.347. The first-order chi connectivity index (χ1) is 15.1. The Morgan fingerprint density at radius 2 is 1.94 bits per heavy atom. The van der Waals surface area contributed by atoms with Crippen molar-refractivity contribution in [2.24, 2.45) is 0 Å². The zero-order valence-electron chi connectivity index (χ0n) is 18.4. The second-order valence-electron chi connectivity index (χ2n) is 8.42. The Morgan fingerprint density at radius 3 is 2.59 bits per heavy atom. The van der Waals surface area contributed by atoms with Crippen LogP contribution in [0.5, 0.6) is 5.75 Å². The number of hydrogen-bond acceptors (Lipinski definition) is 5. The lowest BCUT2D eigenvalue weighted by Gasteiger charge is -2.17.